The lowest BCUT2D eigenvalue weighted by Crippen LogP contribution is -2.24. The fraction of sp³-hybridized carbons (Fsp3) is 0.385. The van der Waals surface area contributed by atoms with Gasteiger partial charge in [0.1, 0.15) is 12.3 Å². The third kappa shape index (κ3) is 1.96. The lowest BCUT2D eigenvalue weighted by Gasteiger charge is -2.14. The molecular weight excluding hydrogens is 264 g/mol. The molecule has 0 saturated carbocycles. The molecule has 106 valence electrons. The zero-order valence-electron chi connectivity index (χ0n) is 10.5. The van der Waals surface area contributed by atoms with E-state index in [4.69, 9.17) is 9.84 Å². The van der Waals surface area contributed by atoms with Gasteiger partial charge < -0.3 is 19.5 Å². The van der Waals surface area contributed by atoms with E-state index in [2.05, 4.69) is 0 Å². The van der Waals surface area contributed by atoms with Crippen molar-refractivity contribution in [2.75, 3.05) is 6.61 Å². The monoisotopic (exact) mass is 278 g/mol. The second-order valence-electron chi connectivity index (χ2n) is 4.80. The van der Waals surface area contributed by atoms with Crippen LogP contribution in [0.25, 0.3) is 10.9 Å². The van der Waals surface area contributed by atoms with Gasteiger partial charge in [0.25, 0.3) is 5.69 Å². The van der Waals surface area contributed by atoms with E-state index in [1.165, 1.54) is 6.07 Å². The summed E-state index contributed by atoms with van der Waals surface area (Å²) < 4.78 is 7.32. The van der Waals surface area contributed by atoms with Gasteiger partial charge in [-0.3, -0.25) is 10.1 Å². The number of nitro benzene ring substituents is 1. The number of nitrogens with zero attached hydrogens (tertiary/aromatic N) is 2. The molecule has 1 aliphatic heterocycles. The van der Waals surface area contributed by atoms with Crippen molar-refractivity contribution in [3.05, 3.63) is 40.6 Å². The molecule has 0 unspecified atom stereocenters. The number of non-ortho nitro benzene ring substituents is 1. The summed E-state index contributed by atoms with van der Waals surface area (Å²) in [5, 5.41) is 30.4. The van der Waals surface area contributed by atoms with Gasteiger partial charge in [0.15, 0.2) is 0 Å². The van der Waals surface area contributed by atoms with E-state index in [1.807, 2.05) is 0 Å². The van der Waals surface area contributed by atoms with Crippen molar-refractivity contribution in [1.29, 1.82) is 0 Å². The molecule has 1 aliphatic rings. The molecule has 0 amide bonds. The first kappa shape index (κ1) is 13.0. The van der Waals surface area contributed by atoms with Gasteiger partial charge in [-0.05, 0) is 12.1 Å². The number of ether oxygens (including phenoxy) is 1. The molecule has 3 atom stereocenters. The first-order valence-corrected chi connectivity index (χ1v) is 6.30. The van der Waals surface area contributed by atoms with Crippen LogP contribution in [0.15, 0.2) is 30.5 Å². The summed E-state index contributed by atoms with van der Waals surface area (Å²) in [4.78, 5) is 10.6. The summed E-state index contributed by atoms with van der Waals surface area (Å²) in [6.07, 6.45) is 0.269. The first-order valence-electron chi connectivity index (χ1n) is 6.30. The standard InChI is InChI=1S/C13H14N2O5/c16-7-12-11(17)6-13(20-12)14-5-4-8-9(14)2-1-3-10(8)15(18)19/h1-5,11-13,16-17H,6-7H2/t11-,12+,13-/m0/s1. The van der Waals surface area contributed by atoms with E-state index in [0.717, 1.165) is 0 Å². The average Bonchev–Trinajstić information content (AvgIpc) is 3.01. The fourth-order valence-corrected chi connectivity index (χ4v) is 2.63. The van der Waals surface area contributed by atoms with Crippen LogP contribution in [0.2, 0.25) is 0 Å². The van der Waals surface area contributed by atoms with E-state index in [0.29, 0.717) is 17.3 Å². The topological polar surface area (TPSA) is 97.8 Å². The predicted molar refractivity (Wildman–Crippen MR) is 70.2 cm³/mol. The van der Waals surface area contributed by atoms with Gasteiger partial charge in [-0.15, -0.1) is 0 Å². The summed E-state index contributed by atoms with van der Waals surface area (Å²) in [6.45, 7) is -0.253. The highest BCUT2D eigenvalue weighted by atomic mass is 16.6. The normalized spacial score (nSPS) is 26.2. The van der Waals surface area contributed by atoms with E-state index < -0.39 is 23.4 Å². The number of nitro groups is 1. The predicted octanol–water partition coefficient (Wildman–Crippen LogP) is 1.19. The number of hydrogen-bond donors (Lipinski definition) is 2. The van der Waals surface area contributed by atoms with Crippen molar-refractivity contribution in [2.45, 2.75) is 24.9 Å². The van der Waals surface area contributed by atoms with Gasteiger partial charge in [0.2, 0.25) is 0 Å². The van der Waals surface area contributed by atoms with E-state index in [9.17, 15) is 15.2 Å². The summed E-state index contributed by atoms with van der Waals surface area (Å²) >= 11 is 0. The highest BCUT2D eigenvalue weighted by molar-refractivity contribution is 5.89. The lowest BCUT2D eigenvalue weighted by molar-refractivity contribution is -0.383. The lowest BCUT2D eigenvalue weighted by atomic mass is 10.2. The SMILES string of the molecule is O=[N+]([O-])c1cccc2c1ccn2[C@@H]1C[C@H](O)[C@@H](CO)O1. The van der Waals surface area contributed by atoms with Gasteiger partial charge >= 0.3 is 0 Å². The van der Waals surface area contributed by atoms with Gasteiger partial charge in [0, 0.05) is 18.7 Å². The molecule has 1 saturated heterocycles. The number of aliphatic hydroxyl groups is 2. The fourth-order valence-electron chi connectivity index (χ4n) is 2.63. The minimum absolute atomic E-state index is 0.0403. The second-order valence-corrected chi connectivity index (χ2v) is 4.80. The number of fused-ring (bicyclic) bond motifs is 1. The molecule has 7 heteroatoms. The number of hydrogen-bond acceptors (Lipinski definition) is 5. The molecule has 7 nitrogen and oxygen atoms in total. The number of aromatic nitrogens is 1. The minimum atomic E-state index is -0.735. The zero-order valence-corrected chi connectivity index (χ0v) is 10.5. The second kappa shape index (κ2) is 4.86. The Kier molecular flexibility index (Phi) is 3.17. The van der Waals surface area contributed by atoms with Crippen molar-refractivity contribution in [3.8, 4) is 0 Å². The Morgan fingerprint density at radius 2 is 2.25 bits per heavy atom. The van der Waals surface area contributed by atoms with E-state index in [-0.39, 0.29) is 12.3 Å². The number of benzene rings is 1. The summed E-state index contributed by atoms with van der Waals surface area (Å²) in [5.41, 5.74) is 0.716. The van der Waals surface area contributed by atoms with Gasteiger partial charge in [-0.25, -0.2) is 0 Å². The highest BCUT2D eigenvalue weighted by Crippen LogP contribution is 2.34. The molecule has 0 bridgehead atoms. The molecule has 0 spiro atoms. The van der Waals surface area contributed by atoms with Crippen LogP contribution in [-0.4, -0.2) is 38.5 Å². The average molecular weight is 278 g/mol. The van der Waals surface area contributed by atoms with Crippen molar-refractivity contribution < 1.29 is 19.9 Å². The van der Waals surface area contributed by atoms with Crippen molar-refractivity contribution in [1.82, 2.24) is 4.57 Å². The van der Waals surface area contributed by atoms with Gasteiger partial charge in [0.05, 0.1) is 28.5 Å². The maximum absolute atomic E-state index is 11.0. The van der Waals surface area contributed by atoms with Crippen LogP contribution in [-0.2, 0) is 4.74 Å². The Morgan fingerprint density at radius 1 is 1.45 bits per heavy atom. The molecule has 1 aromatic heterocycles. The van der Waals surface area contributed by atoms with Crippen LogP contribution >= 0.6 is 0 Å². The highest BCUT2D eigenvalue weighted by Gasteiger charge is 2.35. The molecule has 2 aromatic rings. The van der Waals surface area contributed by atoms with Crippen molar-refractivity contribution in [3.63, 3.8) is 0 Å². The Morgan fingerprint density at radius 3 is 2.90 bits per heavy atom. The molecule has 1 fully saturated rings. The van der Waals surface area contributed by atoms with Crippen molar-refractivity contribution in [2.24, 2.45) is 0 Å². The van der Waals surface area contributed by atoms with Gasteiger partial charge in [-0.2, -0.15) is 0 Å². The third-order valence-electron chi connectivity index (χ3n) is 3.63. The van der Waals surface area contributed by atoms with Crippen LogP contribution in [0.3, 0.4) is 0 Å². The van der Waals surface area contributed by atoms with Crippen LogP contribution in [0.5, 0.6) is 0 Å². The Balaban J connectivity index is 2.02. The Bertz CT molecular complexity index is 653. The quantitative estimate of drug-likeness (QED) is 0.649. The molecule has 2 heterocycles. The molecule has 0 aliphatic carbocycles. The molecule has 1 aromatic carbocycles. The summed E-state index contributed by atoms with van der Waals surface area (Å²) in [6, 6.07) is 6.50. The van der Waals surface area contributed by atoms with Crippen LogP contribution in [0.1, 0.15) is 12.6 Å². The molecule has 2 N–H and O–H groups in total. The first-order chi connectivity index (χ1) is 9.61. The molecule has 3 rings (SSSR count). The minimum Gasteiger partial charge on any atom is -0.394 e. The molecule has 20 heavy (non-hydrogen) atoms. The maximum atomic E-state index is 11.0. The maximum Gasteiger partial charge on any atom is 0.278 e. The summed E-state index contributed by atoms with van der Waals surface area (Å²) in [7, 11) is 0. The third-order valence-corrected chi connectivity index (χ3v) is 3.63. The van der Waals surface area contributed by atoms with Crippen molar-refractivity contribution >= 4 is 16.6 Å². The Labute approximate surface area is 114 Å². The molecular formula is C13H14N2O5. The van der Waals surface area contributed by atoms with E-state index >= 15 is 0 Å². The largest absolute Gasteiger partial charge is 0.394 e. The number of aliphatic hydroxyl groups excluding tert-OH is 2. The summed E-state index contributed by atoms with van der Waals surface area (Å²) in [5.74, 6) is 0. The van der Waals surface area contributed by atoms with Gasteiger partial charge in [-0.1, -0.05) is 6.07 Å². The Hall–Kier alpha value is -1.96. The van der Waals surface area contributed by atoms with Crippen LogP contribution in [0.4, 0.5) is 5.69 Å². The molecule has 0 radical (unpaired) electrons. The zero-order chi connectivity index (χ0) is 14.3. The van der Waals surface area contributed by atoms with E-state index in [1.54, 1.807) is 29.0 Å². The smallest absolute Gasteiger partial charge is 0.278 e. The van der Waals surface area contributed by atoms with Crippen LogP contribution < -0.4 is 0 Å². The van der Waals surface area contributed by atoms with Crippen LogP contribution in [0, 0.1) is 10.1 Å². The number of rotatable bonds is 3.